The molecule has 5 heteroatoms. The van der Waals surface area contributed by atoms with Gasteiger partial charge in [-0.3, -0.25) is 10.1 Å². The number of aliphatic hydroxyl groups excluding tert-OH is 1. The van der Waals surface area contributed by atoms with Crippen LogP contribution in [0.25, 0.3) is 0 Å². The van der Waals surface area contributed by atoms with Gasteiger partial charge in [0.2, 0.25) is 0 Å². The van der Waals surface area contributed by atoms with Crippen molar-refractivity contribution in [1.82, 2.24) is 0 Å². The predicted octanol–water partition coefficient (Wildman–Crippen LogP) is 2.33. The Hall–Kier alpha value is -1.62. The lowest BCUT2D eigenvalue weighted by atomic mass is 10.1. The number of anilines is 1. The Labute approximate surface area is 101 Å². The van der Waals surface area contributed by atoms with Crippen LogP contribution in [0.2, 0.25) is 0 Å². The van der Waals surface area contributed by atoms with E-state index in [1.165, 1.54) is 6.07 Å². The molecule has 0 bridgehead atoms. The van der Waals surface area contributed by atoms with E-state index in [1.807, 2.05) is 20.8 Å². The molecule has 0 aliphatic carbocycles. The summed E-state index contributed by atoms with van der Waals surface area (Å²) in [6.07, 6.45) is -0.518. The number of hydrogen-bond donors (Lipinski definition) is 2. The van der Waals surface area contributed by atoms with Crippen molar-refractivity contribution in [3.63, 3.8) is 0 Å². The summed E-state index contributed by atoms with van der Waals surface area (Å²) in [5, 5.41) is 23.4. The topological polar surface area (TPSA) is 75.4 Å². The first kappa shape index (κ1) is 13.4. The van der Waals surface area contributed by atoms with Crippen LogP contribution in [-0.2, 0) is 0 Å². The molecule has 0 aliphatic rings. The van der Waals surface area contributed by atoms with Gasteiger partial charge in [0, 0.05) is 12.6 Å². The Morgan fingerprint density at radius 1 is 1.47 bits per heavy atom. The summed E-state index contributed by atoms with van der Waals surface area (Å²) in [6.45, 7) is 5.98. The summed E-state index contributed by atoms with van der Waals surface area (Å²) >= 11 is 0. The number of hydrogen-bond acceptors (Lipinski definition) is 4. The minimum Gasteiger partial charge on any atom is -0.391 e. The molecule has 2 N–H and O–H groups in total. The fourth-order valence-corrected chi connectivity index (χ4v) is 1.40. The standard InChI is InChI=1S/C12H18N2O3/c1-8(2)12(15)7-13-10-6-9(3)4-5-11(10)14(16)17/h4-6,8,12-13,15H,7H2,1-3H3. The molecule has 0 saturated carbocycles. The molecule has 1 aromatic rings. The SMILES string of the molecule is Cc1ccc([N+](=O)[O-])c(NCC(O)C(C)C)c1. The largest absolute Gasteiger partial charge is 0.391 e. The molecule has 94 valence electrons. The minimum atomic E-state index is -0.518. The maximum absolute atomic E-state index is 10.8. The van der Waals surface area contributed by atoms with Crippen LogP contribution in [-0.4, -0.2) is 22.7 Å². The van der Waals surface area contributed by atoms with E-state index in [0.29, 0.717) is 12.2 Å². The Morgan fingerprint density at radius 2 is 2.12 bits per heavy atom. The molecule has 0 aromatic heterocycles. The summed E-state index contributed by atoms with van der Waals surface area (Å²) < 4.78 is 0. The van der Waals surface area contributed by atoms with Gasteiger partial charge in [-0.15, -0.1) is 0 Å². The number of aliphatic hydroxyl groups is 1. The number of benzene rings is 1. The van der Waals surface area contributed by atoms with Crippen LogP contribution >= 0.6 is 0 Å². The maximum atomic E-state index is 10.8. The second-order valence-electron chi connectivity index (χ2n) is 4.47. The zero-order valence-electron chi connectivity index (χ0n) is 10.3. The van der Waals surface area contributed by atoms with Crippen molar-refractivity contribution in [3.05, 3.63) is 33.9 Å². The molecular weight excluding hydrogens is 220 g/mol. The van der Waals surface area contributed by atoms with Crippen molar-refractivity contribution in [3.8, 4) is 0 Å². The van der Waals surface area contributed by atoms with E-state index in [0.717, 1.165) is 5.56 Å². The molecule has 0 saturated heterocycles. The molecule has 1 rings (SSSR count). The maximum Gasteiger partial charge on any atom is 0.292 e. The number of nitrogens with one attached hydrogen (secondary N) is 1. The molecule has 0 spiro atoms. The van der Waals surface area contributed by atoms with Crippen LogP contribution in [0.5, 0.6) is 0 Å². The molecule has 0 heterocycles. The Kier molecular flexibility index (Phi) is 4.45. The molecule has 17 heavy (non-hydrogen) atoms. The molecule has 0 amide bonds. The number of aryl methyl sites for hydroxylation is 1. The van der Waals surface area contributed by atoms with Gasteiger partial charge in [-0.25, -0.2) is 0 Å². The van der Waals surface area contributed by atoms with E-state index in [-0.39, 0.29) is 11.6 Å². The summed E-state index contributed by atoms with van der Waals surface area (Å²) in [6, 6.07) is 4.88. The average Bonchev–Trinajstić information content (AvgIpc) is 2.25. The van der Waals surface area contributed by atoms with Crippen molar-refractivity contribution in [2.24, 2.45) is 5.92 Å². The summed E-state index contributed by atoms with van der Waals surface area (Å²) in [4.78, 5) is 10.4. The van der Waals surface area contributed by atoms with Crippen molar-refractivity contribution in [1.29, 1.82) is 0 Å². The van der Waals surface area contributed by atoms with E-state index >= 15 is 0 Å². The fraction of sp³-hybridized carbons (Fsp3) is 0.500. The first-order chi connectivity index (χ1) is 7.91. The van der Waals surface area contributed by atoms with Crippen LogP contribution in [0.4, 0.5) is 11.4 Å². The third kappa shape index (κ3) is 3.71. The van der Waals surface area contributed by atoms with Crippen LogP contribution in [0.1, 0.15) is 19.4 Å². The third-order valence-corrected chi connectivity index (χ3v) is 2.62. The van der Waals surface area contributed by atoms with Gasteiger partial charge in [0.15, 0.2) is 0 Å². The van der Waals surface area contributed by atoms with E-state index in [2.05, 4.69) is 5.32 Å². The minimum absolute atomic E-state index is 0.0338. The van der Waals surface area contributed by atoms with Gasteiger partial charge < -0.3 is 10.4 Å². The molecular formula is C12H18N2O3. The van der Waals surface area contributed by atoms with Crippen LogP contribution in [0.3, 0.4) is 0 Å². The highest BCUT2D eigenvalue weighted by molar-refractivity contribution is 5.62. The predicted molar refractivity (Wildman–Crippen MR) is 67.2 cm³/mol. The number of nitro benzene ring substituents is 1. The van der Waals surface area contributed by atoms with Gasteiger partial charge >= 0.3 is 0 Å². The van der Waals surface area contributed by atoms with E-state index in [9.17, 15) is 15.2 Å². The summed E-state index contributed by atoms with van der Waals surface area (Å²) in [5.74, 6) is 0.117. The molecule has 0 fully saturated rings. The van der Waals surface area contributed by atoms with Crippen molar-refractivity contribution >= 4 is 11.4 Å². The van der Waals surface area contributed by atoms with Gasteiger partial charge in [-0.2, -0.15) is 0 Å². The second kappa shape index (κ2) is 5.63. The lowest BCUT2D eigenvalue weighted by molar-refractivity contribution is -0.384. The number of nitrogens with zero attached hydrogens (tertiary/aromatic N) is 1. The van der Waals surface area contributed by atoms with Crippen LogP contribution < -0.4 is 5.32 Å². The van der Waals surface area contributed by atoms with Gasteiger partial charge in [0.25, 0.3) is 5.69 Å². The first-order valence-corrected chi connectivity index (χ1v) is 5.58. The molecule has 1 aromatic carbocycles. The lowest BCUT2D eigenvalue weighted by Gasteiger charge is -2.16. The monoisotopic (exact) mass is 238 g/mol. The third-order valence-electron chi connectivity index (χ3n) is 2.62. The highest BCUT2D eigenvalue weighted by Gasteiger charge is 2.15. The zero-order valence-corrected chi connectivity index (χ0v) is 10.3. The highest BCUT2D eigenvalue weighted by Crippen LogP contribution is 2.25. The molecule has 5 nitrogen and oxygen atoms in total. The summed E-state index contributed by atoms with van der Waals surface area (Å²) in [5.41, 5.74) is 1.43. The quantitative estimate of drug-likeness (QED) is 0.609. The van der Waals surface area contributed by atoms with Crippen molar-refractivity contribution < 1.29 is 10.0 Å². The Bertz CT molecular complexity index is 405. The van der Waals surface area contributed by atoms with E-state index < -0.39 is 11.0 Å². The van der Waals surface area contributed by atoms with Gasteiger partial charge in [0.05, 0.1) is 11.0 Å². The molecule has 0 aliphatic heterocycles. The number of nitro groups is 1. The Morgan fingerprint density at radius 3 is 2.65 bits per heavy atom. The highest BCUT2D eigenvalue weighted by atomic mass is 16.6. The van der Waals surface area contributed by atoms with Gasteiger partial charge in [-0.05, 0) is 24.5 Å². The zero-order chi connectivity index (χ0) is 13.0. The van der Waals surface area contributed by atoms with Gasteiger partial charge in [-0.1, -0.05) is 19.9 Å². The van der Waals surface area contributed by atoms with E-state index in [1.54, 1.807) is 12.1 Å². The molecule has 0 radical (unpaired) electrons. The average molecular weight is 238 g/mol. The molecule has 1 atom stereocenters. The van der Waals surface area contributed by atoms with Crippen LogP contribution in [0.15, 0.2) is 18.2 Å². The first-order valence-electron chi connectivity index (χ1n) is 5.58. The van der Waals surface area contributed by atoms with E-state index in [4.69, 9.17) is 0 Å². The van der Waals surface area contributed by atoms with Crippen molar-refractivity contribution in [2.45, 2.75) is 26.9 Å². The number of rotatable bonds is 5. The van der Waals surface area contributed by atoms with Crippen LogP contribution in [0, 0.1) is 23.0 Å². The normalized spacial score (nSPS) is 12.5. The van der Waals surface area contributed by atoms with Gasteiger partial charge in [0.1, 0.15) is 5.69 Å². The Balaban J connectivity index is 2.82. The smallest absolute Gasteiger partial charge is 0.292 e. The van der Waals surface area contributed by atoms with Crippen molar-refractivity contribution in [2.75, 3.05) is 11.9 Å². The lowest BCUT2D eigenvalue weighted by Crippen LogP contribution is -2.25. The second-order valence-corrected chi connectivity index (χ2v) is 4.47. The summed E-state index contributed by atoms with van der Waals surface area (Å²) in [7, 11) is 0. The molecule has 1 unspecified atom stereocenters. The fourth-order valence-electron chi connectivity index (χ4n) is 1.40.